The van der Waals surface area contributed by atoms with Crippen LogP contribution in [-0.2, 0) is 6.42 Å². The highest BCUT2D eigenvalue weighted by Gasteiger charge is 2.08. The molecule has 0 aliphatic carbocycles. The summed E-state index contributed by atoms with van der Waals surface area (Å²) in [7, 11) is 0. The van der Waals surface area contributed by atoms with E-state index in [0.29, 0.717) is 0 Å². The van der Waals surface area contributed by atoms with Crippen molar-refractivity contribution in [1.82, 2.24) is 9.97 Å². The van der Waals surface area contributed by atoms with Gasteiger partial charge in [-0.05, 0) is 40.0 Å². The molecule has 0 aliphatic rings. The SMILES string of the molecule is CCc1ccc(-c2nc3c(Br)cc(Br)cc3[nH]2)cc1. The van der Waals surface area contributed by atoms with E-state index in [1.807, 2.05) is 12.1 Å². The standard InChI is InChI=1S/C15H12Br2N2/c1-2-9-3-5-10(6-4-9)15-18-13-8-11(16)7-12(17)14(13)19-15/h3-8H,2H2,1H3,(H,18,19). The molecule has 0 radical (unpaired) electrons. The van der Waals surface area contributed by atoms with Crippen molar-refractivity contribution in [3.63, 3.8) is 0 Å². The molecule has 0 atom stereocenters. The van der Waals surface area contributed by atoms with Gasteiger partial charge in [-0.1, -0.05) is 47.1 Å². The summed E-state index contributed by atoms with van der Waals surface area (Å²) in [4.78, 5) is 8.02. The highest BCUT2D eigenvalue weighted by molar-refractivity contribution is 9.11. The van der Waals surface area contributed by atoms with Gasteiger partial charge in [-0.3, -0.25) is 0 Å². The molecular formula is C15H12Br2N2. The van der Waals surface area contributed by atoms with Gasteiger partial charge >= 0.3 is 0 Å². The second-order valence-electron chi connectivity index (χ2n) is 4.42. The summed E-state index contributed by atoms with van der Waals surface area (Å²) in [5, 5.41) is 0. The topological polar surface area (TPSA) is 28.7 Å². The molecule has 0 spiro atoms. The summed E-state index contributed by atoms with van der Waals surface area (Å²) >= 11 is 7.03. The molecule has 1 heterocycles. The molecule has 19 heavy (non-hydrogen) atoms. The van der Waals surface area contributed by atoms with Crippen LogP contribution in [0.25, 0.3) is 22.4 Å². The minimum absolute atomic E-state index is 0.899. The lowest BCUT2D eigenvalue weighted by Gasteiger charge is -1.98. The molecule has 0 fully saturated rings. The minimum atomic E-state index is 0.899. The fourth-order valence-corrected chi connectivity index (χ4v) is 3.39. The fourth-order valence-electron chi connectivity index (χ4n) is 2.08. The van der Waals surface area contributed by atoms with Gasteiger partial charge in [0.1, 0.15) is 11.3 Å². The minimum Gasteiger partial charge on any atom is -0.338 e. The molecule has 96 valence electrons. The van der Waals surface area contributed by atoms with E-state index in [4.69, 9.17) is 0 Å². The molecule has 0 bridgehead atoms. The van der Waals surface area contributed by atoms with Crippen LogP contribution in [0.1, 0.15) is 12.5 Å². The predicted octanol–water partition coefficient (Wildman–Crippen LogP) is 5.32. The van der Waals surface area contributed by atoms with E-state index in [-0.39, 0.29) is 0 Å². The Morgan fingerprint density at radius 1 is 1.11 bits per heavy atom. The maximum absolute atomic E-state index is 4.66. The Morgan fingerprint density at radius 3 is 2.53 bits per heavy atom. The number of nitrogens with one attached hydrogen (secondary N) is 1. The molecule has 0 aliphatic heterocycles. The van der Waals surface area contributed by atoms with E-state index in [1.54, 1.807) is 0 Å². The fraction of sp³-hybridized carbons (Fsp3) is 0.133. The van der Waals surface area contributed by atoms with Crippen molar-refractivity contribution in [3.8, 4) is 11.4 Å². The van der Waals surface area contributed by atoms with Crippen molar-refractivity contribution in [2.24, 2.45) is 0 Å². The van der Waals surface area contributed by atoms with Gasteiger partial charge in [0, 0.05) is 14.5 Å². The van der Waals surface area contributed by atoms with Crippen LogP contribution in [0.15, 0.2) is 45.3 Å². The summed E-state index contributed by atoms with van der Waals surface area (Å²) in [6, 6.07) is 12.6. The first-order chi connectivity index (χ1) is 9.17. The third kappa shape index (κ3) is 2.47. The number of halogens is 2. The van der Waals surface area contributed by atoms with Gasteiger partial charge in [-0.2, -0.15) is 0 Å². The smallest absolute Gasteiger partial charge is 0.138 e. The van der Waals surface area contributed by atoms with Crippen molar-refractivity contribution in [2.45, 2.75) is 13.3 Å². The van der Waals surface area contributed by atoms with E-state index in [0.717, 1.165) is 37.8 Å². The zero-order valence-corrected chi connectivity index (χ0v) is 13.5. The lowest BCUT2D eigenvalue weighted by Crippen LogP contribution is -1.82. The molecule has 3 aromatic rings. The summed E-state index contributed by atoms with van der Waals surface area (Å²) < 4.78 is 2.02. The summed E-state index contributed by atoms with van der Waals surface area (Å²) in [6.45, 7) is 2.16. The van der Waals surface area contributed by atoms with E-state index in [9.17, 15) is 0 Å². The van der Waals surface area contributed by atoms with Crippen molar-refractivity contribution in [1.29, 1.82) is 0 Å². The van der Waals surface area contributed by atoms with Gasteiger partial charge in [-0.15, -0.1) is 0 Å². The number of aromatic amines is 1. The maximum atomic E-state index is 4.66. The summed E-state index contributed by atoms with van der Waals surface area (Å²) in [5.41, 5.74) is 4.42. The van der Waals surface area contributed by atoms with Gasteiger partial charge < -0.3 is 4.98 Å². The number of rotatable bonds is 2. The molecule has 1 aromatic heterocycles. The van der Waals surface area contributed by atoms with Gasteiger partial charge in [0.15, 0.2) is 0 Å². The number of hydrogen-bond acceptors (Lipinski definition) is 1. The number of aryl methyl sites for hydroxylation is 1. The molecule has 2 nitrogen and oxygen atoms in total. The normalized spacial score (nSPS) is 11.1. The number of fused-ring (bicyclic) bond motifs is 1. The highest BCUT2D eigenvalue weighted by Crippen LogP contribution is 2.29. The van der Waals surface area contributed by atoms with Crippen LogP contribution < -0.4 is 0 Å². The van der Waals surface area contributed by atoms with Crippen LogP contribution in [0.2, 0.25) is 0 Å². The number of benzene rings is 2. The Kier molecular flexibility index (Phi) is 3.46. The van der Waals surface area contributed by atoms with Crippen molar-refractivity contribution >= 4 is 42.9 Å². The third-order valence-electron chi connectivity index (χ3n) is 3.14. The van der Waals surface area contributed by atoms with Crippen molar-refractivity contribution < 1.29 is 0 Å². The largest absolute Gasteiger partial charge is 0.338 e. The molecule has 0 saturated carbocycles. The van der Waals surface area contributed by atoms with E-state index in [2.05, 4.69) is 73.0 Å². The lowest BCUT2D eigenvalue weighted by molar-refractivity contribution is 1.14. The molecule has 4 heteroatoms. The Bertz CT molecular complexity index is 730. The second kappa shape index (κ2) is 5.10. The Hall–Kier alpha value is -1.13. The first kappa shape index (κ1) is 12.9. The summed E-state index contributed by atoms with van der Waals surface area (Å²) in [5.74, 6) is 0.899. The third-order valence-corrected chi connectivity index (χ3v) is 4.20. The molecule has 0 saturated heterocycles. The molecule has 0 unspecified atom stereocenters. The summed E-state index contributed by atoms with van der Waals surface area (Å²) in [6.07, 6.45) is 1.05. The quantitative estimate of drug-likeness (QED) is 0.641. The van der Waals surface area contributed by atoms with Crippen LogP contribution in [0.3, 0.4) is 0 Å². The van der Waals surface area contributed by atoms with E-state index < -0.39 is 0 Å². The average molecular weight is 380 g/mol. The Balaban J connectivity index is 2.12. The van der Waals surface area contributed by atoms with Gasteiger partial charge in [0.05, 0.1) is 5.52 Å². The van der Waals surface area contributed by atoms with Crippen LogP contribution >= 0.6 is 31.9 Å². The van der Waals surface area contributed by atoms with E-state index >= 15 is 0 Å². The highest BCUT2D eigenvalue weighted by atomic mass is 79.9. The first-order valence-electron chi connectivity index (χ1n) is 6.11. The average Bonchev–Trinajstić information content (AvgIpc) is 2.83. The monoisotopic (exact) mass is 378 g/mol. The lowest BCUT2D eigenvalue weighted by atomic mass is 10.1. The zero-order chi connectivity index (χ0) is 13.4. The molecule has 2 aromatic carbocycles. The first-order valence-corrected chi connectivity index (χ1v) is 7.70. The van der Waals surface area contributed by atoms with Crippen LogP contribution in [0, 0.1) is 0 Å². The molecule has 1 N–H and O–H groups in total. The number of nitrogens with zero attached hydrogens (tertiary/aromatic N) is 1. The van der Waals surface area contributed by atoms with Gasteiger partial charge in [0.25, 0.3) is 0 Å². The molecular weight excluding hydrogens is 368 g/mol. The Morgan fingerprint density at radius 2 is 1.84 bits per heavy atom. The zero-order valence-electron chi connectivity index (χ0n) is 10.4. The van der Waals surface area contributed by atoms with E-state index in [1.165, 1.54) is 5.56 Å². The molecule has 0 amide bonds. The molecule has 3 rings (SSSR count). The number of aromatic nitrogens is 2. The van der Waals surface area contributed by atoms with Crippen LogP contribution in [0.4, 0.5) is 0 Å². The number of imidazole rings is 1. The Labute approximate surface area is 128 Å². The van der Waals surface area contributed by atoms with Crippen LogP contribution in [0.5, 0.6) is 0 Å². The second-order valence-corrected chi connectivity index (χ2v) is 6.19. The van der Waals surface area contributed by atoms with Gasteiger partial charge in [-0.25, -0.2) is 4.98 Å². The predicted molar refractivity (Wildman–Crippen MR) is 86.3 cm³/mol. The van der Waals surface area contributed by atoms with Crippen molar-refractivity contribution in [2.75, 3.05) is 0 Å². The van der Waals surface area contributed by atoms with Crippen LogP contribution in [-0.4, -0.2) is 9.97 Å². The number of H-pyrrole nitrogens is 1. The maximum Gasteiger partial charge on any atom is 0.138 e. The van der Waals surface area contributed by atoms with Crippen molar-refractivity contribution in [3.05, 3.63) is 50.9 Å². The van der Waals surface area contributed by atoms with Gasteiger partial charge in [0.2, 0.25) is 0 Å². The number of hydrogen-bond donors (Lipinski definition) is 1.